The van der Waals surface area contributed by atoms with Gasteiger partial charge >= 0.3 is 0 Å². The van der Waals surface area contributed by atoms with Crippen molar-refractivity contribution in [1.29, 1.82) is 0 Å². The molecule has 0 saturated carbocycles. The number of thiophene rings is 1. The highest BCUT2D eigenvalue weighted by Gasteiger charge is 2.33. The molecule has 18 heavy (non-hydrogen) atoms. The molecule has 0 aliphatic carbocycles. The highest BCUT2D eigenvalue weighted by Crippen LogP contribution is 2.32. The van der Waals surface area contributed by atoms with Gasteiger partial charge in [-0.1, -0.05) is 0 Å². The van der Waals surface area contributed by atoms with Crippen LogP contribution in [0.25, 0.3) is 0 Å². The maximum atomic E-state index is 12.3. The molecule has 1 aromatic rings. The van der Waals surface area contributed by atoms with E-state index in [-0.39, 0.29) is 19.0 Å². The molecule has 3 rings (SSSR count). The van der Waals surface area contributed by atoms with Crippen LogP contribution in [0.15, 0.2) is 6.07 Å². The van der Waals surface area contributed by atoms with Gasteiger partial charge in [0.15, 0.2) is 0 Å². The van der Waals surface area contributed by atoms with E-state index in [1.807, 2.05) is 17.8 Å². The normalized spacial score (nSPS) is 27.3. The van der Waals surface area contributed by atoms with Gasteiger partial charge in [-0.2, -0.15) is 11.8 Å². The molecule has 1 saturated heterocycles. The van der Waals surface area contributed by atoms with Crippen LogP contribution in [-0.4, -0.2) is 52.1 Å². The zero-order valence-corrected chi connectivity index (χ0v) is 11.5. The third-order valence-corrected chi connectivity index (χ3v) is 5.62. The molecule has 98 valence electrons. The Labute approximate surface area is 114 Å². The van der Waals surface area contributed by atoms with Crippen molar-refractivity contribution >= 4 is 29.0 Å². The van der Waals surface area contributed by atoms with E-state index in [9.17, 15) is 15.0 Å². The molecular weight excluding hydrogens is 270 g/mol. The second kappa shape index (κ2) is 4.85. The van der Waals surface area contributed by atoms with Crippen LogP contribution in [0.5, 0.6) is 0 Å². The van der Waals surface area contributed by atoms with E-state index < -0.39 is 12.2 Å². The summed E-state index contributed by atoms with van der Waals surface area (Å²) < 4.78 is 0. The number of carbonyl (C=O) groups is 1. The Kier molecular flexibility index (Phi) is 3.36. The van der Waals surface area contributed by atoms with Crippen LogP contribution in [0, 0.1) is 0 Å². The largest absolute Gasteiger partial charge is 0.388 e. The first kappa shape index (κ1) is 12.5. The van der Waals surface area contributed by atoms with Crippen molar-refractivity contribution in [2.75, 3.05) is 18.8 Å². The molecule has 0 unspecified atom stereocenters. The van der Waals surface area contributed by atoms with E-state index in [1.165, 1.54) is 10.4 Å². The summed E-state index contributed by atoms with van der Waals surface area (Å²) in [6.07, 6.45) is -0.568. The van der Waals surface area contributed by atoms with Crippen LogP contribution in [0.4, 0.5) is 0 Å². The third-order valence-electron chi connectivity index (χ3n) is 3.38. The zero-order chi connectivity index (χ0) is 12.7. The maximum absolute atomic E-state index is 12.3. The predicted octanol–water partition coefficient (Wildman–Crippen LogP) is 0.715. The molecule has 2 aliphatic rings. The third kappa shape index (κ3) is 2.18. The van der Waals surface area contributed by atoms with Gasteiger partial charge in [0.05, 0.1) is 17.1 Å². The molecule has 1 fully saturated rings. The van der Waals surface area contributed by atoms with Crippen molar-refractivity contribution in [2.24, 2.45) is 0 Å². The molecule has 0 aromatic carbocycles. The van der Waals surface area contributed by atoms with E-state index in [4.69, 9.17) is 0 Å². The van der Waals surface area contributed by atoms with E-state index in [0.717, 1.165) is 22.8 Å². The lowest BCUT2D eigenvalue weighted by Gasteiger charge is -2.13. The number of nitrogens with zero attached hydrogens (tertiary/aromatic N) is 1. The second-order valence-electron chi connectivity index (χ2n) is 4.71. The number of aryl methyl sites for hydroxylation is 1. The smallest absolute Gasteiger partial charge is 0.264 e. The quantitative estimate of drug-likeness (QED) is 0.798. The molecule has 0 radical (unpaired) electrons. The number of aliphatic hydroxyl groups excluding tert-OH is 2. The highest BCUT2D eigenvalue weighted by atomic mass is 32.2. The van der Waals surface area contributed by atoms with Gasteiger partial charge in [0.2, 0.25) is 0 Å². The minimum atomic E-state index is -0.806. The average Bonchev–Trinajstić information content (AvgIpc) is 2.93. The van der Waals surface area contributed by atoms with E-state index in [1.54, 1.807) is 16.2 Å². The number of rotatable bonds is 1. The minimum Gasteiger partial charge on any atom is -0.388 e. The van der Waals surface area contributed by atoms with E-state index in [2.05, 4.69) is 0 Å². The summed E-state index contributed by atoms with van der Waals surface area (Å²) in [4.78, 5) is 15.9. The Morgan fingerprint density at radius 1 is 1.33 bits per heavy atom. The van der Waals surface area contributed by atoms with Gasteiger partial charge in [-0.25, -0.2) is 0 Å². The maximum Gasteiger partial charge on any atom is 0.264 e. The summed E-state index contributed by atoms with van der Waals surface area (Å²) in [5.41, 5.74) is 1.28. The summed E-state index contributed by atoms with van der Waals surface area (Å²) in [7, 11) is 0. The van der Waals surface area contributed by atoms with Crippen molar-refractivity contribution in [1.82, 2.24) is 4.90 Å². The first-order valence-corrected chi connectivity index (χ1v) is 7.97. The fourth-order valence-corrected chi connectivity index (χ4v) is 4.68. The van der Waals surface area contributed by atoms with Crippen LogP contribution in [0.3, 0.4) is 0 Å². The van der Waals surface area contributed by atoms with Crippen LogP contribution in [0.1, 0.15) is 20.1 Å². The number of β-amino-alcohol motifs (C(OH)–C–C–N with tert-alkyl or cyclic N) is 2. The van der Waals surface area contributed by atoms with Crippen molar-refractivity contribution < 1.29 is 15.0 Å². The first-order valence-electron chi connectivity index (χ1n) is 6.00. The Bertz CT molecular complexity index is 440. The second-order valence-corrected chi connectivity index (χ2v) is 6.95. The molecular formula is C12H15NO3S2. The molecule has 1 amide bonds. The number of hydrogen-bond acceptors (Lipinski definition) is 5. The van der Waals surface area contributed by atoms with Crippen LogP contribution in [-0.2, 0) is 12.2 Å². The van der Waals surface area contributed by atoms with Crippen LogP contribution < -0.4 is 0 Å². The summed E-state index contributed by atoms with van der Waals surface area (Å²) in [6.45, 7) is 0.467. The lowest BCUT2D eigenvalue weighted by molar-refractivity contribution is 0.0572. The molecule has 6 heteroatoms. The molecule has 3 heterocycles. The predicted molar refractivity (Wildman–Crippen MR) is 72.1 cm³/mol. The fraction of sp³-hybridized carbons (Fsp3) is 0.583. The standard InChI is InChI=1S/C12H15NO3S2/c14-8-4-13(5-9(8)15)12(16)11-3-7-6-17-2-1-10(7)18-11/h3,8-9,14-15H,1-2,4-6H2/t8-,9+. The Hall–Kier alpha value is -0.560. The number of aliphatic hydroxyl groups is 2. The molecule has 0 spiro atoms. The molecule has 2 N–H and O–H groups in total. The van der Waals surface area contributed by atoms with Gasteiger partial charge in [0, 0.05) is 23.7 Å². The Morgan fingerprint density at radius 2 is 2.06 bits per heavy atom. The van der Waals surface area contributed by atoms with Crippen molar-refractivity contribution in [2.45, 2.75) is 24.4 Å². The van der Waals surface area contributed by atoms with Gasteiger partial charge in [-0.15, -0.1) is 11.3 Å². The van der Waals surface area contributed by atoms with Crippen LogP contribution >= 0.6 is 23.1 Å². The summed E-state index contributed by atoms with van der Waals surface area (Å²) >= 11 is 3.46. The van der Waals surface area contributed by atoms with E-state index >= 15 is 0 Å². The SMILES string of the molecule is O=C(c1cc2c(s1)CCSC2)N1C[C@@H](O)[C@@H](O)C1. The van der Waals surface area contributed by atoms with Gasteiger partial charge < -0.3 is 15.1 Å². The number of amides is 1. The van der Waals surface area contributed by atoms with Gasteiger partial charge in [-0.3, -0.25) is 4.79 Å². The Morgan fingerprint density at radius 3 is 2.72 bits per heavy atom. The Balaban J connectivity index is 1.78. The lowest BCUT2D eigenvalue weighted by atomic mass is 10.2. The van der Waals surface area contributed by atoms with Crippen molar-refractivity contribution in [3.8, 4) is 0 Å². The van der Waals surface area contributed by atoms with Gasteiger partial charge in [-0.05, 0) is 23.8 Å². The van der Waals surface area contributed by atoms with Gasteiger partial charge in [0.25, 0.3) is 5.91 Å². The zero-order valence-electron chi connectivity index (χ0n) is 9.83. The highest BCUT2D eigenvalue weighted by molar-refractivity contribution is 7.98. The van der Waals surface area contributed by atoms with Gasteiger partial charge in [0.1, 0.15) is 0 Å². The molecule has 4 nitrogen and oxygen atoms in total. The summed E-state index contributed by atoms with van der Waals surface area (Å²) in [5, 5.41) is 19.0. The van der Waals surface area contributed by atoms with E-state index in [0.29, 0.717) is 0 Å². The number of carbonyl (C=O) groups excluding carboxylic acids is 1. The lowest BCUT2D eigenvalue weighted by Crippen LogP contribution is -2.29. The first-order chi connectivity index (χ1) is 8.65. The molecule has 2 aliphatic heterocycles. The topological polar surface area (TPSA) is 60.8 Å². The average molecular weight is 285 g/mol. The molecule has 1 aromatic heterocycles. The van der Waals surface area contributed by atoms with Crippen LogP contribution in [0.2, 0.25) is 0 Å². The number of thioether (sulfide) groups is 1. The monoisotopic (exact) mass is 285 g/mol. The number of likely N-dealkylation sites (tertiary alicyclic amines) is 1. The van der Waals surface area contributed by atoms with Crippen molar-refractivity contribution in [3.63, 3.8) is 0 Å². The number of fused-ring (bicyclic) bond motifs is 1. The summed E-state index contributed by atoms with van der Waals surface area (Å²) in [6, 6.07) is 1.98. The summed E-state index contributed by atoms with van der Waals surface area (Å²) in [5.74, 6) is 2.06. The minimum absolute atomic E-state index is 0.0602. The molecule has 0 bridgehead atoms. The number of hydrogen-bond donors (Lipinski definition) is 2. The van der Waals surface area contributed by atoms with Crippen molar-refractivity contribution in [3.05, 3.63) is 21.4 Å². The molecule has 2 atom stereocenters. The fourth-order valence-electron chi connectivity index (χ4n) is 2.34.